The number of benzene rings is 2. The van der Waals surface area contributed by atoms with Crippen molar-refractivity contribution in [2.75, 3.05) is 42.9 Å². The number of anilines is 2. The van der Waals surface area contributed by atoms with E-state index in [0.29, 0.717) is 12.1 Å². The maximum Gasteiger partial charge on any atom is 0.303 e. The SMILES string of the molecule is C[C@H]1[C@@H](CN2CCN(c3ncccn3)CC2)O[C@@H](c2ccc(NC(=O)CCCC(=O)O)cc2)O[C@H]1c1ccc(CO)cc1. The average Bonchev–Trinajstić information content (AvgIpc) is 3.03. The summed E-state index contributed by atoms with van der Waals surface area (Å²) in [5.74, 6) is -0.317. The Labute approximate surface area is 251 Å². The van der Waals surface area contributed by atoms with Crippen LogP contribution in [0.2, 0.25) is 0 Å². The number of aliphatic carboxylic acids is 1. The first kappa shape index (κ1) is 30.6. The highest BCUT2D eigenvalue weighted by atomic mass is 16.7. The third-order valence-electron chi connectivity index (χ3n) is 8.03. The third kappa shape index (κ3) is 8.14. The zero-order chi connectivity index (χ0) is 30.2. The molecule has 3 N–H and O–H groups in total. The molecule has 5 rings (SSSR count). The van der Waals surface area contributed by atoms with Crippen LogP contribution in [0, 0.1) is 5.92 Å². The van der Waals surface area contributed by atoms with E-state index in [4.69, 9.17) is 14.6 Å². The summed E-state index contributed by atoms with van der Waals surface area (Å²) in [5, 5.41) is 21.1. The van der Waals surface area contributed by atoms with Gasteiger partial charge in [0, 0.05) is 75.1 Å². The molecule has 2 saturated heterocycles. The molecule has 0 unspecified atom stereocenters. The van der Waals surface area contributed by atoms with Crippen LogP contribution in [0.25, 0.3) is 0 Å². The van der Waals surface area contributed by atoms with Crippen LogP contribution < -0.4 is 10.2 Å². The van der Waals surface area contributed by atoms with Crippen molar-refractivity contribution >= 4 is 23.5 Å². The lowest BCUT2D eigenvalue weighted by atomic mass is 9.90. The second-order valence-electron chi connectivity index (χ2n) is 11.1. The fourth-order valence-corrected chi connectivity index (χ4v) is 5.51. The van der Waals surface area contributed by atoms with Crippen LogP contribution in [-0.4, -0.2) is 75.8 Å². The summed E-state index contributed by atoms with van der Waals surface area (Å²) in [6.07, 6.45) is 3.00. The minimum Gasteiger partial charge on any atom is -0.481 e. The van der Waals surface area contributed by atoms with Crippen molar-refractivity contribution in [2.24, 2.45) is 5.92 Å². The maximum absolute atomic E-state index is 12.2. The number of aromatic nitrogens is 2. The van der Waals surface area contributed by atoms with Crippen molar-refractivity contribution in [3.05, 3.63) is 83.7 Å². The number of hydrogen-bond donors (Lipinski definition) is 3. The van der Waals surface area contributed by atoms with E-state index in [1.807, 2.05) is 42.5 Å². The van der Waals surface area contributed by atoms with Gasteiger partial charge in [0.05, 0.1) is 18.8 Å². The molecular weight excluding hydrogens is 550 g/mol. The van der Waals surface area contributed by atoms with Gasteiger partial charge in [-0.15, -0.1) is 0 Å². The van der Waals surface area contributed by atoms with Crippen LogP contribution in [0.15, 0.2) is 67.0 Å². The number of hydrogen-bond acceptors (Lipinski definition) is 9. The van der Waals surface area contributed by atoms with Gasteiger partial charge in [-0.25, -0.2) is 9.97 Å². The second-order valence-corrected chi connectivity index (χ2v) is 11.1. The molecule has 1 amide bonds. The first-order valence-corrected chi connectivity index (χ1v) is 14.8. The van der Waals surface area contributed by atoms with Crippen molar-refractivity contribution in [3.63, 3.8) is 0 Å². The van der Waals surface area contributed by atoms with Crippen LogP contribution >= 0.6 is 0 Å². The van der Waals surface area contributed by atoms with Gasteiger partial charge in [-0.05, 0) is 35.7 Å². The summed E-state index contributed by atoms with van der Waals surface area (Å²) < 4.78 is 13.2. The molecule has 228 valence electrons. The number of carbonyl (C=O) groups is 2. The largest absolute Gasteiger partial charge is 0.481 e. The molecule has 2 aromatic carbocycles. The molecule has 0 bridgehead atoms. The van der Waals surface area contributed by atoms with Gasteiger partial charge in [0.25, 0.3) is 0 Å². The molecule has 2 aliphatic heterocycles. The molecule has 3 aromatic rings. The first-order chi connectivity index (χ1) is 20.9. The molecule has 1 aromatic heterocycles. The summed E-state index contributed by atoms with van der Waals surface area (Å²) in [5.41, 5.74) is 3.33. The molecule has 0 saturated carbocycles. The number of carbonyl (C=O) groups excluding carboxylic acids is 1. The van der Waals surface area contributed by atoms with Crippen LogP contribution in [-0.2, 0) is 25.7 Å². The molecule has 11 heteroatoms. The van der Waals surface area contributed by atoms with E-state index in [2.05, 4.69) is 32.0 Å². The molecule has 3 heterocycles. The number of aliphatic hydroxyl groups is 1. The van der Waals surface area contributed by atoms with E-state index in [1.54, 1.807) is 24.5 Å². The predicted molar refractivity (Wildman–Crippen MR) is 160 cm³/mol. The standard InChI is InChI=1S/C32H39N5O6/c1-22-27(20-36-16-18-37(19-17-36)32-33-14-3-15-34-32)42-31(43-30(22)24-8-6-23(21-38)7-9-24)25-10-12-26(13-11-25)35-28(39)4-2-5-29(40)41/h3,6-15,22,27,30-31,38H,2,4-5,16-21H2,1H3,(H,35,39)(H,40,41)/t22-,27+,30+,31+/m0/s1. The van der Waals surface area contributed by atoms with E-state index < -0.39 is 12.3 Å². The van der Waals surface area contributed by atoms with Crippen molar-refractivity contribution in [1.29, 1.82) is 0 Å². The Bertz CT molecular complexity index is 1330. The van der Waals surface area contributed by atoms with Gasteiger partial charge in [-0.1, -0.05) is 43.3 Å². The Hall–Kier alpha value is -3.90. The number of nitrogens with one attached hydrogen (secondary N) is 1. The van der Waals surface area contributed by atoms with Crippen LogP contribution in [0.1, 0.15) is 55.3 Å². The predicted octanol–water partition coefficient (Wildman–Crippen LogP) is 3.78. The lowest BCUT2D eigenvalue weighted by Crippen LogP contribution is -2.51. The van der Waals surface area contributed by atoms with Crippen LogP contribution in [0.3, 0.4) is 0 Å². The van der Waals surface area contributed by atoms with Gasteiger partial charge in [-0.3, -0.25) is 14.5 Å². The summed E-state index contributed by atoms with van der Waals surface area (Å²) in [6, 6.07) is 17.1. The molecule has 43 heavy (non-hydrogen) atoms. The number of carboxylic acids is 1. The van der Waals surface area contributed by atoms with Crippen LogP contribution in [0.5, 0.6) is 0 Å². The van der Waals surface area contributed by atoms with E-state index in [0.717, 1.165) is 55.4 Å². The number of aliphatic hydroxyl groups excluding tert-OH is 1. The summed E-state index contributed by atoms with van der Waals surface area (Å²) in [7, 11) is 0. The lowest BCUT2D eigenvalue weighted by molar-refractivity contribution is -0.276. The van der Waals surface area contributed by atoms with Gasteiger partial charge in [0.1, 0.15) is 0 Å². The Kier molecular flexibility index (Phi) is 10.3. The maximum atomic E-state index is 12.2. The molecular formula is C32H39N5O6. The Morgan fingerprint density at radius 2 is 1.60 bits per heavy atom. The highest BCUT2D eigenvalue weighted by Crippen LogP contribution is 2.42. The molecule has 2 fully saturated rings. The van der Waals surface area contributed by atoms with Crippen molar-refractivity contribution in [2.45, 2.75) is 51.3 Å². The Morgan fingerprint density at radius 3 is 2.26 bits per heavy atom. The number of ether oxygens (including phenoxy) is 2. The minimum atomic E-state index is -0.913. The normalized spacial score (nSPS) is 22.7. The number of amides is 1. The zero-order valence-electron chi connectivity index (χ0n) is 24.3. The molecule has 0 spiro atoms. The quantitative estimate of drug-likeness (QED) is 0.303. The number of piperazine rings is 1. The number of rotatable bonds is 11. The van der Waals surface area contributed by atoms with Crippen molar-refractivity contribution in [3.8, 4) is 0 Å². The zero-order valence-corrected chi connectivity index (χ0v) is 24.3. The molecule has 11 nitrogen and oxygen atoms in total. The number of nitrogens with zero attached hydrogens (tertiary/aromatic N) is 4. The fourth-order valence-electron chi connectivity index (χ4n) is 5.51. The topological polar surface area (TPSA) is 137 Å². The van der Waals surface area contributed by atoms with E-state index in [9.17, 15) is 14.7 Å². The summed E-state index contributed by atoms with van der Waals surface area (Å²) in [4.78, 5) is 36.3. The van der Waals surface area contributed by atoms with Gasteiger partial charge in [0.15, 0.2) is 6.29 Å². The molecule has 4 atom stereocenters. The van der Waals surface area contributed by atoms with E-state index in [-0.39, 0.29) is 43.5 Å². The van der Waals surface area contributed by atoms with Crippen LogP contribution in [0.4, 0.5) is 11.6 Å². The van der Waals surface area contributed by atoms with Gasteiger partial charge in [0.2, 0.25) is 11.9 Å². The van der Waals surface area contributed by atoms with Crippen molar-refractivity contribution in [1.82, 2.24) is 14.9 Å². The molecule has 2 aliphatic rings. The second kappa shape index (κ2) is 14.5. The highest BCUT2D eigenvalue weighted by molar-refractivity contribution is 5.90. The summed E-state index contributed by atoms with van der Waals surface area (Å²) in [6.45, 7) is 6.29. The first-order valence-electron chi connectivity index (χ1n) is 14.8. The number of carboxylic acid groups (broad SMARTS) is 1. The Balaban J connectivity index is 1.27. The third-order valence-corrected chi connectivity index (χ3v) is 8.03. The van der Waals surface area contributed by atoms with Gasteiger partial charge in [-0.2, -0.15) is 0 Å². The van der Waals surface area contributed by atoms with E-state index >= 15 is 0 Å². The summed E-state index contributed by atoms with van der Waals surface area (Å²) >= 11 is 0. The molecule has 0 aliphatic carbocycles. The molecule has 0 radical (unpaired) electrons. The smallest absolute Gasteiger partial charge is 0.303 e. The van der Waals surface area contributed by atoms with Gasteiger partial charge < -0.3 is 29.9 Å². The highest BCUT2D eigenvalue weighted by Gasteiger charge is 2.39. The van der Waals surface area contributed by atoms with Gasteiger partial charge >= 0.3 is 5.97 Å². The monoisotopic (exact) mass is 589 g/mol. The fraction of sp³-hybridized carbons (Fsp3) is 0.438. The average molecular weight is 590 g/mol. The van der Waals surface area contributed by atoms with Crippen molar-refractivity contribution < 1.29 is 29.3 Å². The lowest BCUT2D eigenvalue weighted by Gasteiger charge is -2.44. The minimum absolute atomic E-state index is 0.0157. The van der Waals surface area contributed by atoms with E-state index in [1.165, 1.54) is 0 Å². The Morgan fingerprint density at radius 1 is 0.930 bits per heavy atom.